The number of thiazole rings is 1. The lowest BCUT2D eigenvalue weighted by molar-refractivity contribution is 0.141. The van der Waals surface area contributed by atoms with Crippen molar-refractivity contribution in [2.75, 3.05) is 18.5 Å². The molecular weight excluding hydrogens is 196 g/mol. The molecule has 1 aromatic rings. The summed E-state index contributed by atoms with van der Waals surface area (Å²) in [7, 11) is 0. The standard InChI is InChI=1S/C10H18N2OS/c1-5-13-6-7(2)11-10-12-8(3)9(4)14-10/h7H,5-6H2,1-4H3,(H,11,12). The van der Waals surface area contributed by atoms with Crippen LogP contribution in [0.4, 0.5) is 5.13 Å². The second kappa shape index (κ2) is 5.32. The van der Waals surface area contributed by atoms with E-state index in [0.29, 0.717) is 6.04 Å². The van der Waals surface area contributed by atoms with Gasteiger partial charge in [-0.25, -0.2) is 4.98 Å². The highest BCUT2D eigenvalue weighted by molar-refractivity contribution is 7.15. The van der Waals surface area contributed by atoms with E-state index in [-0.39, 0.29) is 0 Å². The van der Waals surface area contributed by atoms with Crippen LogP contribution in [-0.2, 0) is 4.74 Å². The van der Waals surface area contributed by atoms with Crippen LogP contribution in [0.25, 0.3) is 0 Å². The first-order chi connectivity index (χ1) is 6.63. The Morgan fingerprint density at radius 3 is 2.71 bits per heavy atom. The van der Waals surface area contributed by atoms with Crippen molar-refractivity contribution in [3.63, 3.8) is 0 Å². The Hall–Kier alpha value is -0.610. The number of ether oxygens (including phenoxy) is 1. The molecule has 4 heteroatoms. The summed E-state index contributed by atoms with van der Waals surface area (Å²) < 4.78 is 5.32. The molecule has 0 radical (unpaired) electrons. The number of hydrogen-bond donors (Lipinski definition) is 1. The normalized spacial score (nSPS) is 12.9. The minimum Gasteiger partial charge on any atom is -0.380 e. The van der Waals surface area contributed by atoms with E-state index in [1.165, 1.54) is 4.88 Å². The van der Waals surface area contributed by atoms with E-state index in [1.54, 1.807) is 11.3 Å². The summed E-state index contributed by atoms with van der Waals surface area (Å²) >= 11 is 1.70. The monoisotopic (exact) mass is 214 g/mol. The van der Waals surface area contributed by atoms with Crippen LogP contribution in [0, 0.1) is 13.8 Å². The van der Waals surface area contributed by atoms with Crippen LogP contribution in [0.3, 0.4) is 0 Å². The molecule has 1 aromatic heterocycles. The zero-order chi connectivity index (χ0) is 10.6. The van der Waals surface area contributed by atoms with E-state index in [4.69, 9.17) is 4.74 Å². The molecule has 1 N–H and O–H groups in total. The molecule has 0 saturated carbocycles. The van der Waals surface area contributed by atoms with E-state index < -0.39 is 0 Å². The number of rotatable bonds is 5. The Kier molecular flexibility index (Phi) is 4.35. The number of aryl methyl sites for hydroxylation is 2. The Morgan fingerprint density at radius 2 is 2.21 bits per heavy atom. The van der Waals surface area contributed by atoms with Gasteiger partial charge in [-0.2, -0.15) is 0 Å². The van der Waals surface area contributed by atoms with E-state index in [2.05, 4.69) is 24.1 Å². The van der Waals surface area contributed by atoms with Crippen LogP contribution in [-0.4, -0.2) is 24.2 Å². The van der Waals surface area contributed by atoms with Crippen LogP contribution in [0.2, 0.25) is 0 Å². The molecular formula is C10H18N2OS. The summed E-state index contributed by atoms with van der Waals surface area (Å²) in [5.41, 5.74) is 1.11. The summed E-state index contributed by atoms with van der Waals surface area (Å²) in [5, 5.41) is 4.31. The highest BCUT2D eigenvalue weighted by atomic mass is 32.1. The minimum absolute atomic E-state index is 0.319. The first kappa shape index (κ1) is 11.5. The number of hydrogen-bond acceptors (Lipinski definition) is 4. The first-order valence-electron chi connectivity index (χ1n) is 4.91. The largest absolute Gasteiger partial charge is 0.380 e. The van der Waals surface area contributed by atoms with Gasteiger partial charge in [0.15, 0.2) is 5.13 Å². The molecule has 0 amide bonds. The lowest BCUT2D eigenvalue weighted by Gasteiger charge is -2.11. The topological polar surface area (TPSA) is 34.1 Å². The smallest absolute Gasteiger partial charge is 0.183 e. The van der Waals surface area contributed by atoms with Crippen molar-refractivity contribution in [1.29, 1.82) is 0 Å². The van der Waals surface area contributed by atoms with E-state index >= 15 is 0 Å². The molecule has 0 bridgehead atoms. The molecule has 0 aromatic carbocycles. The summed E-state index contributed by atoms with van der Waals surface area (Å²) in [6.45, 7) is 9.72. The van der Waals surface area contributed by atoms with Crippen molar-refractivity contribution in [2.45, 2.75) is 33.7 Å². The number of nitrogens with one attached hydrogen (secondary N) is 1. The third kappa shape index (κ3) is 3.27. The molecule has 1 rings (SSSR count). The average Bonchev–Trinajstić information content (AvgIpc) is 2.42. The van der Waals surface area contributed by atoms with Gasteiger partial charge in [-0.3, -0.25) is 0 Å². The lowest BCUT2D eigenvalue weighted by Crippen LogP contribution is -2.21. The van der Waals surface area contributed by atoms with Crippen LogP contribution in [0.15, 0.2) is 0 Å². The van der Waals surface area contributed by atoms with Gasteiger partial charge in [0.05, 0.1) is 12.3 Å². The zero-order valence-electron chi connectivity index (χ0n) is 9.26. The second-order valence-electron chi connectivity index (χ2n) is 3.37. The quantitative estimate of drug-likeness (QED) is 0.818. The molecule has 0 aliphatic rings. The van der Waals surface area contributed by atoms with E-state index in [0.717, 1.165) is 24.0 Å². The minimum atomic E-state index is 0.319. The van der Waals surface area contributed by atoms with Crippen LogP contribution < -0.4 is 5.32 Å². The third-order valence-corrected chi connectivity index (χ3v) is 2.97. The van der Waals surface area contributed by atoms with Gasteiger partial charge in [-0.05, 0) is 27.7 Å². The van der Waals surface area contributed by atoms with Crippen molar-refractivity contribution in [2.24, 2.45) is 0 Å². The molecule has 14 heavy (non-hydrogen) atoms. The van der Waals surface area contributed by atoms with Gasteiger partial charge in [0.2, 0.25) is 0 Å². The average molecular weight is 214 g/mol. The summed E-state index contributed by atoms with van der Waals surface area (Å²) in [5.74, 6) is 0. The maximum atomic E-state index is 5.32. The molecule has 3 nitrogen and oxygen atoms in total. The van der Waals surface area contributed by atoms with Crippen molar-refractivity contribution < 1.29 is 4.74 Å². The Balaban J connectivity index is 2.43. The lowest BCUT2D eigenvalue weighted by atomic mass is 10.4. The maximum Gasteiger partial charge on any atom is 0.183 e. The van der Waals surface area contributed by atoms with Crippen LogP contribution in [0.1, 0.15) is 24.4 Å². The number of aromatic nitrogens is 1. The fraction of sp³-hybridized carbons (Fsp3) is 0.700. The highest BCUT2D eigenvalue weighted by Gasteiger charge is 2.06. The Bertz CT molecular complexity index is 266. The van der Waals surface area contributed by atoms with Gasteiger partial charge < -0.3 is 10.1 Å². The van der Waals surface area contributed by atoms with Gasteiger partial charge in [-0.1, -0.05) is 0 Å². The fourth-order valence-electron chi connectivity index (χ4n) is 1.08. The van der Waals surface area contributed by atoms with Gasteiger partial charge in [0.25, 0.3) is 0 Å². The summed E-state index contributed by atoms with van der Waals surface area (Å²) in [4.78, 5) is 5.68. The van der Waals surface area contributed by atoms with Crippen LogP contribution >= 0.6 is 11.3 Å². The van der Waals surface area contributed by atoms with Crippen molar-refractivity contribution >= 4 is 16.5 Å². The van der Waals surface area contributed by atoms with Crippen molar-refractivity contribution in [1.82, 2.24) is 4.98 Å². The molecule has 0 aliphatic carbocycles. The molecule has 0 aliphatic heterocycles. The SMILES string of the molecule is CCOCC(C)Nc1nc(C)c(C)s1. The molecule has 80 valence electrons. The van der Waals surface area contributed by atoms with E-state index in [1.807, 2.05) is 13.8 Å². The van der Waals surface area contributed by atoms with Gasteiger partial charge in [0, 0.05) is 17.5 Å². The molecule has 1 heterocycles. The summed E-state index contributed by atoms with van der Waals surface area (Å²) in [6.07, 6.45) is 0. The van der Waals surface area contributed by atoms with Crippen molar-refractivity contribution in [3.05, 3.63) is 10.6 Å². The number of nitrogens with zero attached hydrogens (tertiary/aromatic N) is 1. The molecule has 0 saturated heterocycles. The molecule has 0 spiro atoms. The van der Waals surface area contributed by atoms with E-state index in [9.17, 15) is 0 Å². The predicted molar refractivity (Wildman–Crippen MR) is 61.2 cm³/mol. The van der Waals surface area contributed by atoms with Gasteiger partial charge in [0.1, 0.15) is 0 Å². The molecule has 1 unspecified atom stereocenters. The van der Waals surface area contributed by atoms with Crippen molar-refractivity contribution in [3.8, 4) is 0 Å². The zero-order valence-corrected chi connectivity index (χ0v) is 10.1. The fourth-order valence-corrected chi connectivity index (χ4v) is 2.01. The Labute approximate surface area is 89.5 Å². The van der Waals surface area contributed by atoms with Crippen LogP contribution in [0.5, 0.6) is 0 Å². The molecule has 0 fully saturated rings. The maximum absolute atomic E-state index is 5.32. The number of anilines is 1. The Morgan fingerprint density at radius 1 is 1.50 bits per heavy atom. The third-order valence-electron chi connectivity index (χ3n) is 1.97. The second-order valence-corrected chi connectivity index (χ2v) is 4.57. The summed E-state index contributed by atoms with van der Waals surface area (Å²) in [6, 6.07) is 0.319. The first-order valence-corrected chi connectivity index (χ1v) is 5.73. The van der Waals surface area contributed by atoms with Gasteiger partial charge in [-0.15, -0.1) is 11.3 Å². The predicted octanol–water partition coefficient (Wildman–Crippen LogP) is 2.60. The molecule has 1 atom stereocenters. The highest BCUT2D eigenvalue weighted by Crippen LogP contribution is 2.21. The van der Waals surface area contributed by atoms with Gasteiger partial charge >= 0.3 is 0 Å².